The van der Waals surface area contributed by atoms with Gasteiger partial charge in [-0.25, -0.2) is 9.78 Å². The summed E-state index contributed by atoms with van der Waals surface area (Å²) in [7, 11) is 0. The maximum Gasteiger partial charge on any atom is 0.385 e. The fourth-order valence-electron chi connectivity index (χ4n) is 2.19. The van der Waals surface area contributed by atoms with Gasteiger partial charge in [0.2, 0.25) is 0 Å². The molecular weight excluding hydrogens is 300 g/mol. The van der Waals surface area contributed by atoms with Crippen molar-refractivity contribution in [1.82, 2.24) is 10.0 Å². The molecule has 116 valence electrons. The molecule has 0 aliphatic carbocycles. The van der Waals surface area contributed by atoms with Crippen LogP contribution in [0.4, 0.5) is 0 Å². The van der Waals surface area contributed by atoms with Gasteiger partial charge in [0.25, 0.3) is 11.8 Å². The number of hydrogen-bond donors (Lipinski definition) is 0. The number of hydroxylamine groups is 2. The van der Waals surface area contributed by atoms with Crippen LogP contribution in [-0.2, 0) is 4.84 Å². The molecule has 2 aromatic rings. The zero-order valence-corrected chi connectivity index (χ0v) is 12.2. The summed E-state index contributed by atoms with van der Waals surface area (Å²) in [6, 6.07) is 9.40. The van der Waals surface area contributed by atoms with E-state index in [-0.39, 0.29) is 22.6 Å². The summed E-state index contributed by atoms with van der Waals surface area (Å²) in [5, 5.41) is 0.442. The molecule has 1 aromatic heterocycles. The minimum absolute atomic E-state index is 0.106. The van der Waals surface area contributed by atoms with Crippen LogP contribution in [-0.4, -0.2) is 34.4 Å². The highest BCUT2D eigenvalue weighted by atomic mass is 16.7. The molecule has 1 aliphatic rings. The Kier molecular flexibility index (Phi) is 3.76. The van der Waals surface area contributed by atoms with Gasteiger partial charge in [0, 0.05) is 6.20 Å². The van der Waals surface area contributed by atoms with Crippen molar-refractivity contribution in [3.63, 3.8) is 0 Å². The minimum Gasteiger partial charge on any atom is -0.491 e. The fraction of sp³-hybridized carbons (Fsp3) is 0.125. The predicted molar refractivity (Wildman–Crippen MR) is 77.8 cm³/mol. The molecule has 0 fully saturated rings. The molecule has 0 saturated carbocycles. The van der Waals surface area contributed by atoms with E-state index in [1.165, 1.54) is 18.3 Å². The van der Waals surface area contributed by atoms with Gasteiger partial charge >= 0.3 is 5.97 Å². The van der Waals surface area contributed by atoms with Crippen molar-refractivity contribution < 1.29 is 24.0 Å². The van der Waals surface area contributed by atoms with E-state index in [0.29, 0.717) is 11.7 Å². The van der Waals surface area contributed by atoms with Gasteiger partial charge in [-0.15, -0.1) is 0 Å². The Hall–Kier alpha value is -3.22. The van der Waals surface area contributed by atoms with E-state index in [9.17, 15) is 14.4 Å². The van der Waals surface area contributed by atoms with Gasteiger partial charge < -0.3 is 9.57 Å². The summed E-state index contributed by atoms with van der Waals surface area (Å²) >= 11 is 0. The molecule has 7 heteroatoms. The topological polar surface area (TPSA) is 85.8 Å². The Morgan fingerprint density at radius 2 is 1.74 bits per heavy atom. The summed E-state index contributed by atoms with van der Waals surface area (Å²) in [6.07, 6.45) is 1.39. The molecule has 2 heterocycles. The van der Waals surface area contributed by atoms with Crippen LogP contribution in [0.15, 0.2) is 42.6 Å². The van der Waals surface area contributed by atoms with Gasteiger partial charge in [-0.05, 0) is 31.2 Å². The Balaban J connectivity index is 1.85. The number of amides is 2. The molecule has 2 amide bonds. The molecule has 7 nitrogen and oxygen atoms in total. The molecule has 0 N–H and O–H groups in total. The lowest BCUT2D eigenvalue weighted by Gasteiger charge is -2.13. The number of ether oxygens (including phenoxy) is 1. The number of carbonyl (C=O) groups is 3. The number of nitrogens with zero attached hydrogens (tertiary/aromatic N) is 2. The van der Waals surface area contributed by atoms with E-state index in [1.54, 1.807) is 31.2 Å². The number of rotatable bonds is 4. The van der Waals surface area contributed by atoms with Crippen molar-refractivity contribution >= 4 is 17.8 Å². The summed E-state index contributed by atoms with van der Waals surface area (Å²) in [5.41, 5.74) is 0.276. The van der Waals surface area contributed by atoms with Crippen LogP contribution in [0.2, 0.25) is 0 Å². The van der Waals surface area contributed by atoms with Crippen molar-refractivity contribution in [1.29, 1.82) is 0 Å². The number of fused-ring (bicyclic) bond motifs is 1. The van der Waals surface area contributed by atoms with Gasteiger partial charge in [0.05, 0.1) is 17.7 Å². The van der Waals surface area contributed by atoms with Crippen LogP contribution in [0.1, 0.15) is 38.1 Å². The first-order valence-electron chi connectivity index (χ1n) is 6.91. The third kappa shape index (κ3) is 2.52. The first-order chi connectivity index (χ1) is 11.1. The standard InChI is InChI=1S/C16H12N2O5/c1-2-22-12-8-5-9-17-13(12)16(21)23-18-14(19)10-6-3-4-7-11(10)15(18)20/h3-9H,2H2,1H3. The van der Waals surface area contributed by atoms with Crippen LogP contribution in [0, 0.1) is 0 Å². The third-order valence-electron chi connectivity index (χ3n) is 3.19. The lowest BCUT2D eigenvalue weighted by atomic mass is 10.1. The smallest absolute Gasteiger partial charge is 0.385 e. The quantitative estimate of drug-likeness (QED) is 0.801. The van der Waals surface area contributed by atoms with Crippen molar-refractivity contribution in [2.45, 2.75) is 6.92 Å². The van der Waals surface area contributed by atoms with Crippen molar-refractivity contribution in [2.75, 3.05) is 6.61 Å². The van der Waals surface area contributed by atoms with Crippen LogP contribution < -0.4 is 4.74 Å². The lowest BCUT2D eigenvalue weighted by Crippen LogP contribution is -2.33. The molecule has 0 radical (unpaired) electrons. The molecule has 0 atom stereocenters. The fourth-order valence-corrected chi connectivity index (χ4v) is 2.19. The van der Waals surface area contributed by atoms with E-state index in [0.717, 1.165) is 0 Å². The zero-order valence-electron chi connectivity index (χ0n) is 12.2. The van der Waals surface area contributed by atoms with E-state index < -0.39 is 17.8 Å². The van der Waals surface area contributed by atoms with E-state index in [4.69, 9.17) is 9.57 Å². The van der Waals surface area contributed by atoms with Crippen LogP contribution in [0.3, 0.4) is 0 Å². The zero-order chi connectivity index (χ0) is 16.4. The summed E-state index contributed by atoms with van der Waals surface area (Å²) in [4.78, 5) is 45.4. The van der Waals surface area contributed by atoms with Gasteiger partial charge in [-0.1, -0.05) is 17.2 Å². The molecule has 0 saturated heterocycles. The van der Waals surface area contributed by atoms with Gasteiger partial charge in [0.15, 0.2) is 11.4 Å². The Morgan fingerprint density at radius 3 is 2.35 bits per heavy atom. The second-order valence-electron chi connectivity index (χ2n) is 4.61. The van der Waals surface area contributed by atoms with Crippen molar-refractivity contribution in [3.8, 4) is 5.75 Å². The molecule has 0 bridgehead atoms. The highest BCUT2D eigenvalue weighted by Gasteiger charge is 2.39. The predicted octanol–water partition coefficient (Wildman–Crippen LogP) is 1.85. The van der Waals surface area contributed by atoms with Crippen molar-refractivity contribution in [2.24, 2.45) is 0 Å². The van der Waals surface area contributed by atoms with Crippen molar-refractivity contribution in [3.05, 3.63) is 59.4 Å². The van der Waals surface area contributed by atoms with E-state index >= 15 is 0 Å². The van der Waals surface area contributed by atoms with Crippen LogP contribution in [0.5, 0.6) is 5.75 Å². The summed E-state index contributed by atoms with van der Waals surface area (Å²) < 4.78 is 5.29. The number of benzene rings is 1. The first kappa shape index (κ1) is 14.7. The lowest BCUT2D eigenvalue weighted by molar-refractivity contribution is -0.0590. The molecule has 1 aromatic carbocycles. The van der Waals surface area contributed by atoms with Gasteiger partial charge in [-0.3, -0.25) is 9.59 Å². The molecule has 1 aliphatic heterocycles. The second kappa shape index (κ2) is 5.88. The first-order valence-corrected chi connectivity index (χ1v) is 6.91. The number of imide groups is 1. The van der Waals surface area contributed by atoms with E-state index in [1.807, 2.05) is 0 Å². The number of hydrogen-bond acceptors (Lipinski definition) is 6. The van der Waals surface area contributed by atoms with Crippen LogP contribution in [0.25, 0.3) is 0 Å². The highest BCUT2D eigenvalue weighted by Crippen LogP contribution is 2.24. The Morgan fingerprint density at radius 1 is 1.09 bits per heavy atom. The maximum absolute atomic E-state index is 12.2. The molecule has 0 unspecified atom stereocenters. The Labute approximate surface area is 131 Å². The number of carbonyl (C=O) groups excluding carboxylic acids is 3. The highest BCUT2D eigenvalue weighted by molar-refractivity contribution is 6.21. The number of pyridine rings is 1. The van der Waals surface area contributed by atoms with Crippen LogP contribution >= 0.6 is 0 Å². The SMILES string of the molecule is CCOc1cccnc1C(=O)ON1C(=O)c2ccccc2C1=O. The summed E-state index contributed by atoms with van der Waals surface area (Å²) in [5.74, 6) is -2.10. The molecule has 23 heavy (non-hydrogen) atoms. The minimum atomic E-state index is -0.941. The monoisotopic (exact) mass is 312 g/mol. The molecule has 0 spiro atoms. The second-order valence-corrected chi connectivity index (χ2v) is 4.61. The molecular formula is C16H12N2O5. The third-order valence-corrected chi connectivity index (χ3v) is 3.19. The van der Waals surface area contributed by atoms with Gasteiger partial charge in [0.1, 0.15) is 0 Å². The normalized spacial score (nSPS) is 13.0. The van der Waals surface area contributed by atoms with E-state index in [2.05, 4.69) is 4.98 Å². The largest absolute Gasteiger partial charge is 0.491 e. The summed E-state index contributed by atoms with van der Waals surface area (Å²) in [6.45, 7) is 2.09. The average Bonchev–Trinajstić information content (AvgIpc) is 2.81. The number of aromatic nitrogens is 1. The van der Waals surface area contributed by atoms with Gasteiger partial charge in [-0.2, -0.15) is 0 Å². The molecule has 3 rings (SSSR count). The maximum atomic E-state index is 12.2. The average molecular weight is 312 g/mol. The Bertz CT molecular complexity index is 768.